The highest BCUT2D eigenvalue weighted by molar-refractivity contribution is 4.84. The molecular formula is C11H21F3N2O. The van der Waals surface area contributed by atoms with Crippen LogP contribution in [0.2, 0.25) is 0 Å². The summed E-state index contributed by atoms with van der Waals surface area (Å²) in [5, 5.41) is 12.0. The van der Waals surface area contributed by atoms with E-state index in [-0.39, 0.29) is 19.1 Å². The Morgan fingerprint density at radius 1 is 1.35 bits per heavy atom. The molecule has 6 heteroatoms. The number of hydrogen-bond donors (Lipinski definition) is 2. The van der Waals surface area contributed by atoms with Gasteiger partial charge in [-0.05, 0) is 25.8 Å². The van der Waals surface area contributed by atoms with Crippen molar-refractivity contribution in [3.05, 3.63) is 0 Å². The van der Waals surface area contributed by atoms with Crippen molar-refractivity contribution in [3.63, 3.8) is 0 Å². The highest BCUT2D eigenvalue weighted by atomic mass is 19.4. The molecule has 1 saturated carbocycles. The van der Waals surface area contributed by atoms with E-state index in [9.17, 15) is 13.2 Å². The van der Waals surface area contributed by atoms with Crippen LogP contribution in [-0.2, 0) is 0 Å². The molecule has 0 bridgehead atoms. The molecule has 0 aromatic rings. The number of aliphatic hydroxyl groups excluding tert-OH is 1. The molecule has 3 nitrogen and oxygen atoms in total. The summed E-state index contributed by atoms with van der Waals surface area (Å²) in [7, 11) is 1.85. The van der Waals surface area contributed by atoms with E-state index >= 15 is 0 Å². The van der Waals surface area contributed by atoms with Crippen molar-refractivity contribution in [3.8, 4) is 0 Å². The van der Waals surface area contributed by atoms with Gasteiger partial charge in [-0.25, -0.2) is 0 Å². The lowest BCUT2D eigenvalue weighted by Gasteiger charge is -2.28. The molecule has 0 saturated heterocycles. The molecule has 2 N–H and O–H groups in total. The first kappa shape index (κ1) is 14.7. The fourth-order valence-electron chi connectivity index (χ4n) is 2.60. The van der Waals surface area contributed by atoms with E-state index in [1.165, 1.54) is 4.90 Å². The summed E-state index contributed by atoms with van der Waals surface area (Å²) in [5.41, 5.74) is 0. The van der Waals surface area contributed by atoms with Crippen molar-refractivity contribution >= 4 is 0 Å². The summed E-state index contributed by atoms with van der Waals surface area (Å²) in [6.45, 7) is -0.661. The Morgan fingerprint density at radius 3 is 2.59 bits per heavy atom. The second kappa shape index (κ2) is 6.56. The molecule has 102 valence electrons. The lowest BCUT2D eigenvalue weighted by Crippen LogP contribution is -2.43. The van der Waals surface area contributed by atoms with Crippen LogP contribution in [0.1, 0.15) is 19.3 Å². The van der Waals surface area contributed by atoms with Gasteiger partial charge in [-0.3, -0.25) is 4.90 Å². The summed E-state index contributed by atoms with van der Waals surface area (Å²) in [6, 6.07) is 0.310. The minimum absolute atomic E-state index is 0.0897. The third kappa shape index (κ3) is 5.23. The summed E-state index contributed by atoms with van der Waals surface area (Å²) in [4.78, 5) is 1.31. The van der Waals surface area contributed by atoms with Gasteiger partial charge in [0.25, 0.3) is 0 Å². The van der Waals surface area contributed by atoms with Gasteiger partial charge in [0.05, 0.1) is 13.2 Å². The maximum atomic E-state index is 12.3. The van der Waals surface area contributed by atoms with Gasteiger partial charge in [-0.2, -0.15) is 13.2 Å². The Hall–Kier alpha value is -0.330. The Bertz CT molecular complexity index is 223. The van der Waals surface area contributed by atoms with Crippen LogP contribution >= 0.6 is 0 Å². The van der Waals surface area contributed by atoms with Crippen LogP contribution in [-0.4, -0.2) is 55.5 Å². The Morgan fingerprint density at radius 2 is 2.06 bits per heavy atom. The lowest BCUT2D eigenvalue weighted by atomic mass is 10.0. The molecule has 0 spiro atoms. The monoisotopic (exact) mass is 254 g/mol. The standard InChI is InChI=1S/C11H21F3N2O/c1-15-10-4-2-3-9(10)7-16(5-6-17)8-11(12,13)14/h9-10,15,17H,2-8H2,1H3. The molecule has 0 radical (unpaired) electrons. The fraction of sp³-hybridized carbons (Fsp3) is 1.00. The van der Waals surface area contributed by atoms with Crippen molar-refractivity contribution in [2.75, 3.05) is 33.3 Å². The number of alkyl halides is 3. The van der Waals surface area contributed by atoms with Gasteiger partial charge in [0.2, 0.25) is 0 Å². The van der Waals surface area contributed by atoms with Gasteiger partial charge >= 0.3 is 6.18 Å². The van der Waals surface area contributed by atoms with Crippen LogP contribution in [0.5, 0.6) is 0 Å². The minimum atomic E-state index is -4.19. The lowest BCUT2D eigenvalue weighted by molar-refractivity contribution is -0.148. The molecule has 0 heterocycles. The zero-order valence-corrected chi connectivity index (χ0v) is 10.1. The van der Waals surface area contributed by atoms with Crippen molar-refractivity contribution in [1.82, 2.24) is 10.2 Å². The average molecular weight is 254 g/mol. The largest absolute Gasteiger partial charge is 0.401 e. The molecule has 2 unspecified atom stereocenters. The zero-order chi connectivity index (χ0) is 12.9. The van der Waals surface area contributed by atoms with Crippen molar-refractivity contribution in [2.24, 2.45) is 5.92 Å². The van der Waals surface area contributed by atoms with E-state index in [1.807, 2.05) is 7.05 Å². The van der Waals surface area contributed by atoms with Gasteiger partial charge < -0.3 is 10.4 Å². The number of halogens is 3. The van der Waals surface area contributed by atoms with Crippen molar-refractivity contribution in [2.45, 2.75) is 31.5 Å². The number of nitrogens with zero attached hydrogens (tertiary/aromatic N) is 1. The average Bonchev–Trinajstić information content (AvgIpc) is 2.63. The predicted molar refractivity (Wildman–Crippen MR) is 59.8 cm³/mol. The third-order valence-corrected chi connectivity index (χ3v) is 3.34. The number of nitrogens with one attached hydrogen (secondary N) is 1. The number of rotatable bonds is 6. The summed E-state index contributed by atoms with van der Waals surface area (Å²) in [5.74, 6) is 0.258. The Balaban J connectivity index is 2.47. The molecule has 0 aliphatic heterocycles. The zero-order valence-electron chi connectivity index (χ0n) is 10.1. The van der Waals surface area contributed by atoms with Gasteiger partial charge in [0, 0.05) is 19.1 Å². The van der Waals surface area contributed by atoms with Gasteiger partial charge in [-0.15, -0.1) is 0 Å². The van der Waals surface area contributed by atoms with Crippen LogP contribution in [0.3, 0.4) is 0 Å². The topological polar surface area (TPSA) is 35.5 Å². The van der Waals surface area contributed by atoms with Crippen LogP contribution in [0.25, 0.3) is 0 Å². The number of hydrogen-bond acceptors (Lipinski definition) is 3. The highest BCUT2D eigenvalue weighted by Crippen LogP contribution is 2.27. The molecule has 0 aromatic carbocycles. The molecule has 0 amide bonds. The van der Waals surface area contributed by atoms with Crippen LogP contribution < -0.4 is 5.32 Å². The van der Waals surface area contributed by atoms with E-state index in [0.717, 1.165) is 19.3 Å². The molecule has 1 aliphatic carbocycles. The maximum absolute atomic E-state index is 12.3. The first-order chi connectivity index (χ1) is 7.96. The maximum Gasteiger partial charge on any atom is 0.401 e. The molecule has 17 heavy (non-hydrogen) atoms. The second-order valence-corrected chi connectivity index (χ2v) is 4.66. The van der Waals surface area contributed by atoms with Gasteiger partial charge in [0.1, 0.15) is 0 Å². The summed E-state index contributed by atoms with van der Waals surface area (Å²) in [6.07, 6.45) is -1.14. The van der Waals surface area contributed by atoms with Crippen molar-refractivity contribution in [1.29, 1.82) is 0 Å². The molecular weight excluding hydrogens is 233 g/mol. The second-order valence-electron chi connectivity index (χ2n) is 4.66. The SMILES string of the molecule is CNC1CCCC1CN(CCO)CC(F)(F)F. The first-order valence-corrected chi connectivity index (χ1v) is 6.03. The quantitative estimate of drug-likeness (QED) is 0.748. The van der Waals surface area contributed by atoms with Crippen LogP contribution in [0, 0.1) is 5.92 Å². The summed E-state index contributed by atoms with van der Waals surface area (Å²) < 4.78 is 37.0. The molecule has 1 fully saturated rings. The summed E-state index contributed by atoms with van der Waals surface area (Å²) >= 11 is 0. The van der Waals surface area contributed by atoms with E-state index in [1.54, 1.807) is 0 Å². The fourth-order valence-corrected chi connectivity index (χ4v) is 2.60. The van der Waals surface area contributed by atoms with Crippen LogP contribution in [0.15, 0.2) is 0 Å². The van der Waals surface area contributed by atoms with E-state index in [4.69, 9.17) is 5.11 Å². The predicted octanol–water partition coefficient (Wildman–Crippen LogP) is 1.23. The Kier molecular flexibility index (Phi) is 5.69. The highest BCUT2D eigenvalue weighted by Gasteiger charge is 2.33. The van der Waals surface area contributed by atoms with E-state index in [0.29, 0.717) is 12.6 Å². The molecule has 1 aliphatic rings. The van der Waals surface area contributed by atoms with Gasteiger partial charge in [-0.1, -0.05) is 6.42 Å². The molecule has 0 aromatic heterocycles. The van der Waals surface area contributed by atoms with Crippen LogP contribution in [0.4, 0.5) is 13.2 Å². The van der Waals surface area contributed by atoms with Gasteiger partial charge in [0.15, 0.2) is 0 Å². The van der Waals surface area contributed by atoms with E-state index < -0.39 is 12.7 Å². The number of aliphatic hydroxyl groups is 1. The first-order valence-electron chi connectivity index (χ1n) is 6.03. The molecule has 1 rings (SSSR count). The Labute approximate surface area is 100.0 Å². The minimum Gasteiger partial charge on any atom is -0.395 e. The molecule has 2 atom stereocenters. The van der Waals surface area contributed by atoms with Crippen molar-refractivity contribution < 1.29 is 18.3 Å². The van der Waals surface area contributed by atoms with E-state index in [2.05, 4.69) is 5.32 Å². The third-order valence-electron chi connectivity index (χ3n) is 3.34. The normalized spacial score (nSPS) is 25.8. The smallest absolute Gasteiger partial charge is 0.395 e.